The highest BCUT2D eigenvalue weighted by Gasteiger charge is 2.14. The molecule has 0 amide bonds. The number of benzene rings is 2. The lowest BCUT2D eigenvalue weighted by molar-refractivity contribution is -0.384. The summed E-state index contributed by atoms with van der Waals surface area (Å²) < 4.78 is 5.13. The highest BCUT2D eigenvalue weighted by atomic mass is 35.5. The smallest absolute Gasteiger partial charge is 0.269 e. The van der Waals surface area contributed by atoms with Gasteiger partial charge in [-0.25, -0.2) is 0 Å². The minimum atomic E-state index is -0.423. The lowest BCUT2D eigenvalue weighted by Gasteiger charge is -2.22. The summed E-state index contributed by atoms with van der Waals surface area (Å²) in [4.78, 5) is 12.3. The Balaban J connectivity index is 2.37. The first kappa shape index (κ1) is 15.1. The summed E-state index contributed by atoms with van der Waals surface area (Å²) in [5, 5.41) is 10.8. The number of ether oxygens (including phenoxy) is 1. The third-order valence-electron chi connectivity index (χ3n) is 3.24. The van der Waals surface area contributed by atoms with Gasteiger partial charge in [0.1, 0.15) is 5.75 Å². The summed E-state index contributed by atoms with van der Waals surface area (Å²) in [6.07, 6.45) is 0. The van der Waals surface area contributed by atoms with Crippen molar-refractivity contribution in [1.82, 2.24) is 0 Å². The summed E-state index contributed by atoms with van der Waals surface area (Å²) in [6, 6.07) is 12.2. The minimum Gasteiger partial charge on any atom is -0.497 e. The van der Waals surface area contributed by atoms with Gasteiger partial charge in [0.2, 0.25) is 0 Å². The van der Waals surface area contributed by atoms with Crippen molar-refractivity contribution in [2.24, 2.45) is 0 Å². The number of nitro benzene ring substituents is 1. The molecule has 21 heavy (non-hydrogen) atoms. The predicted octanol–water partition coefficient (Wildman–Crippen LogP) is 4.11. The molecule has 0 unspecified atom stereocenters. The first-order chi connectivity index (χ1) is 10.1. The summed E-state index contributed by atoms with van der Waals surface area (Å²) >= 11 is 5.92. The molecule has 0 aliphatic carbocycles. The number of rotatable bonds is 5. The number of halogens is 1. The van der Waals surface area contributed by atoms with Crippen LogP contribution >= 0.6 is 11.6 Å². The van der Waals surface area contributed by atoms with Crippen LogP contribution in [0.4, 0.5) is 17.1 Å². The van der Waals surface area contributed by atoms with Crippen LogP contribution in [0.5, 0.6) is 5.75 Å². The molecule has 0 N–H and O–H groups in total. The van der Waals surface area contributed by atoms with Gasteiger partial charge < -0.3 is 9.64 Å². The number of methoxy groups -OCH3 is 1. The number of nitrogens with zero attached hydrogens (tertiary/aromatic N) is 2. The Bertz CT molecular complexity index is 644. The number of anilines is 2. The zero-order chi connectivity index (χ0) is 15.4. The number of hydrogen-bond acceptors (Lipinski definition) is 4. The molecule has 0 saturated carbocycles. The van der Waals surface area contributed by atoms with Crippen molar-refractivity contribution >= 4 is 28.7 Å². The number of alkyl halides is 1. The second kappa shape index (κ2) is 6.45. The highest BCUT2D eigenvalue weighted by molar-refractivity contribution is 6.17. The maximum absolute atomic E-state index is 10.8. The maximum atomic E-state index is 10.8. The van der Waals surface area contributed by atoms with Crippen molar-refractivity contribution in [3.05, 3.63) is 58.1 Å². The topological polar surface area (TPSA) is 55.6 Å². The first-order valence-corrected chi connectivity index (χ1v) is 6.81. The van der Waals surface area contributed by atoms with E-state index < -0.39 is 4.92 Å². The number of non-ortho nitro benzene ring substituents is 1. The molecule has 2 aromatic rings. The monoisotopic (exact) mass is 306 g/mol. The van der Waals surface area contributed by atoms with Gasteiger partial charge >= 0.3 is 0 Å². The molecule has 0 aromatic heterocycles. The molecule has 0 atom stereocenters. The highest BCUT2D eigenvalue weighted by Crippen LogP contribution is 2.31. The van der Waals surface area contributed by atoms with Gasteiger partial charge in [0.05, 0.1) is 12.0 Å². The van der Waals surface area contributed by atoms with Crippen LogP contribution in [0.25, 0.3) is 0 Å². The number of hydrogen-bond donors (Lipinski definition) is 0. The Kier molecular flexibility index (Phi) is 4.65. The van der Waals surface area contributed by atoms with Crippen LogP contribution in [0.15, 0.2) is 42.5 Å². The van der Waals surface area contributed by atoms with Gasteiger partial charge in [-0.1, -0.05) is 0 Å². The fourth-order valence-corrected chi connectivity index (χ4v) is 2.28. The molecule has 5 nitrogen and oxygen atoms in total. The maximum Gasteiger partial charge on any atom is 0.269 e. The SMILES string of the molecule is COc1ccc(N(C)c2ccc([N+](=O)[O-])cc2CCl)cc1. The summed E-state index contributed by atoms with van der Waals surface area (Å²) in [6.45, 7) is 0. The Morgan fingerprint density at radius 2 is 1.90 bits per heavy atom. The zero-order valence-electron chi connectivity index (χ0n) is 11.7. The molecular formula is C15H15ClN2O3. The average Bonchev–Trinajstić information content (AvgIpc) is 2.53. The summed E-state index contributed by atoms with van der Waals surface area (Å²) in [5.74, 6) is 0.978. The Hall–Kier alpha value is -2.27. The van der Waals surface area contributed by atoms with E-state index in [0.29, 0.717) is 5.56 Å². The van der Waals surface area contributed by atoms with Gasteiger partial charge in [0.15, 0.2) is 0 Å². The van der Waals surface area contributed by atoms with Crippen LogP contribution in [0, 0.1) is 10.1 Å². The Morgan fingerprint density at radius 1 is 1.24 bits per heavy atom. The third-order valence-corrected chi connectivity index (χ3v) is 3.53. The molecule has 0 aliphatic heterocycles. The molecule has 110 valence electrons. The lowest BCUT2D eigenvalue weighted by Crippen LogP contribution is -2.11. The Morgan fingerprint density at radius 3 is 2.43 bits per heavy atom. The second-order valence-corrected chi connectivity index (χ2v) is 4.73. The summed E-state index contributed by atoms with van der Waals surface area (Å²) in [7, 11) is 3.50. The van der Waals surface area contributed by atoms with E-state index in [1.165, 1.54) is 12.1 Å². The van der Waals surface area contributed by atoms with E-state index in [1.807, 2.05) is 36.2 Å². The molecule has 0 bridgehead atoms. The minimum absolute atomic E-state index is 0.0394. The largest absolute Gasteiger partial charge is 0.497 e. The normalized spacial score (nSPS) is 10.2. The first-order valence-electron chi connectivity index (χ1n) is 6.28. The fraction of sp³-hybridized carbons (Fsp3) is 0.200. The van der Waals surface area contributed by atoms with Gasteiger partial charge in [0.25, 0.3) is 5.69 Å². The van der Waals surface area contributed by atoms with Crippen LogP contribution in [0.3, 0.4) is 0 Å². The molecule has 6 heteroatoms. The van der Waals surface area contributed by atoms with Gasteiger partial charge in [0, 0.05) is 36.4 Å². The van der Waals surface area contributed by atoms with Crippen LogP contribution in [0.2, 0.25) is 0 Å². The average molecular weight is 307 g/mol. The van der Waals surface area contributed by atoms with Crippen molar-refractivity contribution in [2.75, 3.05) is 19.1 Å². The lowest BCUT2D eigenvalue weighted by atomic mass is 10.1. The van der Waals surface area contributed by atoms with Crippen LogP contribution in [0.1, 0.15) is 5.56 Å². The molecular weight excluding hydrogens is 292 g/mol. The molecule has 0 heterocycles. The van der Waals surface area contributed by atoms with Crippen molar-refractivity contribution in [3.8, 4) is 5.75 Å². The molecule has 2 rings (SSSR count). The van der Waals surface area contributed by atoms with Crippen molar-refractivity contribution < 1.29 is 9.66 Å². The van der Waals surface area contributed by atoms with Gasteiger partial charge in [-0.05, 0) is 35.9 Å². The molecule has 0 aliphatic rings. The van der Waals surface area contributed by atoms with Crippen LogP contribution < -0.4 is 9.64 Å². The summed E-state index contributed by atoms with van der Waals surface area (Å²) in [5.41, 5.74) is 2.53. The molecule has 0 fully saturated rings. The van der Waals surface area contributed by atoms with E-state index in [0.717, 1.165) is 17.1 Å². The van der Waals surface area contributed by atoms with E-state index in [9.17, 15) is 10.1 Å². The van der Waals surface area contributed by atoms with E-state index in [1.54, 1.807) is 13.2 Å². The molecule has 2 aromatic carbocycles. The van der Waals surface area contributed by atoms with E-state index in [4.69, 9.17) is 16.3 Å². The predicted molar refractivity (Wildman–Crippen MR) is 83.7 cm³/mol. The van der Waals surface area contributed by atoms with E-state index in [-0.39, 0.29) is 11.6 Å². The second-order valence-electron chi connectivity index (χ2n) is 4.46. The number of nitro groups is 1. The van der Waals surface area contributed by atoms with Gasteiger partial charge in [-0.2, -0.15) is 0 Å². The van der Waals surface area contributed by atoms with E-state index >= 15 is 0 Å². The van der Waals surface area contributed by atoms with Gasteiger partial charge in [-0.15, -0.1) is 11.6 Å². The third kappa shape index (κ3) is 3.25. The molecule has 0 radical (unpaired) electrons. The van der Waals surface area contributed by atoms with Crippen molar-refractivity contribution in [3.63, 3.8) is 0 Å². The fourth-order valence-electron chi connectivity index (χ4n) is 2.06. The van der Waals surface area contributed by atoms with Crippen molar-refractivity contribution in [2.45, 2.75) is 5.88 Å². The van der Waals surface area contributed by atoms with Gasteiger partial charge in [-0.3, -0.25) is 10.1 Å². The Labute approximate surface area is 127 Å². The van der Waals surface area contributed by atoms with Crippen LogP contribution in [-0.4, -0.2) is 19.1 Å². The standard InChI is InChI=1S/C15H15ClN2O3/c1-17(12-3-6-14(21-2)7-4-12)15-8-5-13(18(19)20)9-11(15)10-16/h3-9H,10H2,1-2H3. The van der Waals surface area contributed by atoms with Crippen molar-refractivity contribution in [1.29, 1.82) is 0 Å². The van der Waals surface area contributed by atoms with E-state index in [2.05, 4.69) is 0 Å². The quantitative estimate of drug-likeness (QED) is 0.474. The van der Waals surface area contributed by atoms with Crippen LogP contribution in [-0.2, 0) is 5.88 Å². The zero-order valence-corrected chi connectivity index (χ0v) is 12.5. The molecule has 0 saturated heterocycles. The molecule has 0 spiro atoms.